The lowest BCUT2D eigenvalue weighted by molar-refractivity contribution is 0.452. The third kappa shape index (κ3) is 2.14. The van der Waals surface area contributed by atoms with Crippen LogP contribution in [0.2, 0.25) is 0 Å². The van der Waals surface area contributed by atoms with E-state index in [2.05, 4.69) is 15.2 Å². The molecule has 0 aliphatic carbocycles. The van der Waals surface area contributed by atoms with E-state index in [0.29, 0.717) is 5.82 Å². The average molecular weight is 215 g/mol. The van der Waals surface area contributed by atoms with Crippen molar-refractivity contribution in [1.29, 1.82) is 0 Å². The van der Waals surface area contributed by atoms with Gasteiger partial charge in [0.15, 0.2) is 11.5 Å². The number of rotatable bonds is 2. The van der Waals surface area contributed by atoms with Crippen LogP contribution in [0.3, 0.4) is 0 Å². The topological polar surface area (TPSA) is 78.1 Å². The first kappa shape index (κ1) is 10.1. The number of phenols is 2. The summed E-state index contributed by atoms with van der Waals surface area (Å²) in [5.74, 6) is 0.157. The van der Waals surface area contributed by atoms with Crippen molar-refractivity contribution in [3.63, 3.8) is 0 Å². The van der Waals surface area contributed by atoms with E-state index >= 15 is 0 Å². The van der Waals surface area contributed by atoms with Crippen LogP contribution in [0.25, 0.3) is 0 Å². The van der Waals surface area contributed by atoms with Gasteiger partial charge in [0.05, 0.1) is 0 Å². The summed E-state index contributed by atoms with van der Waals surface area (Å²) < 4.78 is 0. The van der Waals surface area contributed by atoms with Gasteiger partial charge < -0.3 is 10.2 Å². The Morgan fingerprint density at radius 1 is 0.875 bits per heavy atom. The molecule has 0 fully saturated rings. The first-order valence-corrected chi connectivity index (χ1v) is 4.61. The molecule has 0 aliphatic rings. The molecule has 1 aromatic carbocycles. The third-order valence-electron chi connectivity index (χ3n) is 1.90. The Hall–Kier alpha value is -2.43. The molecule has 80 valence electrons. The minimum absolute atomic E-state index is 0.0353. The first-order chi connectivity index (χ1) is 7.77. The molecule has 5 nitrogen and oxygen atoms in total. The van der Waals surface area contributed by atoms with Crippen molar-refractivity contribution in [1.82, 2.24) is 4.98 Å². The predicted octanol–water partition coefficient (Wildman–Crippen LogP) is 2.91. The molecule has 2 N–H and O–H groups in total. The molecule has 16 heavy (non-hydrogen) atoms. The fourth-order valence-corrected chi connectivity index (χ4v) is 1.14. The maximum atomic E-state index is 9.44. The lowest BCUT2D eigenvalue weighted by Crippen LogP contribution is -1.71. The number of phenolic OH excluding ortho intramolecular Hbond substituents is 2. The molecule has 0 saturated heterocycles. The largest absolute Gasteiger partial charge is 0.505 e. The van der Waals surface area contributed by atoms with E-state index in [1.165, 1.54) is 18.2 Å². The first-order valence-electron chi connectivity index (χ1n) is 4.61. The van der Waals surface area contributed by atoms with Gasteiger partial charge >= 0.3 is 0 Å². The zero-order chi connectivity index (χ0) is 11.4. The van der Waals surface area contributed by atoms with Crippen molar-refractivity contribution >= 4 is 11.5 Å². The number of benzene rings is 1. The van der Waals surface area contributed by atoms with Crippen LogP contribution in [0.4, 0.5) is 11.5 Å². The van der Waals surface area contributed by atoms with Crippen molar-refractivity contribution < 1.29 is 10.2 Å². The highest BCUT2D eigenvalue weighted by Crippen LogP contribution is 2.35. The molecule has 0 aliphatic heterocycles. The van der Waals surface area contributed by atoms with Crippen LogP contribution >= 0.6 is 0 Å². The van der Waals surface area contributed by atoms with Crippen LogP contribution in [0.5, 0.6) is 11.5 Å². The minimum Gasteiger partial charge on any atom is -0.505 e. The predicted molar refractivity (Wildman–Crippen MR) is 58.2 cm³/mol. The summed E-state index contributed by atoms with van der Waals surface area (Å²) in [7, 11) is 0. The molecular weight excluding hydrogens is 206 g/mol. The van der Waals surface area contributed by atoms with Crippen molar-refractivity contribution in [3.8, 4) is 11.5 Å². The summed E-state index contributed by atoms with van der Waals surface area (Å²) in [5.41, 5.74) is 0.0353. The van der Waals surface area contributed by atoms with E-state index in [4.69, 9.17) is 0 Å². The lowest BCUT2D eigenvalue weighted by atomic mass is 10.3. The molecule has 0 saturated carbocycles. The van der Waals surface area contributed by atoms with Crippen molar-refractivity contribution in [3.05, 3.63) is 42.6 Å². The monoisotopic (exact) mass is 215 g/mol. The Labute approximate surface area is 91.7 Å². The molecule has 0 atom stereocenters. The van der Waals surface area contributed by atoms with Crippen LogP contribution in [-0.2, 0) is 0 Å². The van der Waals surface area contributed by atoms with Crippen molar-refractivity contribution in [2.24, 2.45) is 10.2 Å². The number of nitrogens with zero attached hydrogens (tertiary/aromatic N) is 3. The Morgan fingerprint density at radius 2 is 1.62 bits per heavy atom. The molecule has 0 spiro atoms. The highest BCUT2D eigenvalue weighted by molar-refractivity contribution is 5.60. The second kappa shape index (κ2) is 4.39. The zero-order valence-electron chi connectivity index (χ0n) is 8.28. The minimum atomic E-state index is -0.125. The summed E-state index contributed by atoms with van der Waals surface area (Å²) in [6, 6.07) is 9.56. The molecule has 0 bridgehead atoms. The van der Waals surface area contributed by atoms with Gasteiger partial charge in [-0.1, -0.05) is 12.1 Å². The number of azo groups is 1. The number of hydrogen-bond acceptors (Lipinski definition) is 5. The average Bonchev–Trinajstić information content (AvgIpc) is 2.30. The lowest BCUT2D eigenvalue weighted by Gasteiger charge is -1.99. The highest BCUT2D eigenvalue weighted by atomic mass is 16.3. The Kier molecular flexibility index (Phi) is 2.77. The van der Waals surface area contributed by atoms with Crippen LogP contribution in [0, 0.1) is 0 Å². The molecule has 0 unspecified atom stereocenters. The van der Waals surface area contributed by atoms with Crippen LogP contribution in [0.15, 0.2) is 52.8 Å². The second-order valence-corrected chi connectivity index (χ2v) is 3.03. The molecular formula is C11H9N3O2. The molecule has 2 aromatic rings. The van der Waals surface area contributed by atoms with Gasteiger partial charge in [-0.2, -0.15) is 0 Å². The van der Waals surface area contributed by atoms with E-state index in [-0.39, 0.29) is 17.2 Å². The van der Waals surface area contributed by atoms with Crippen LogP contribution in [-0.4, -0.2) is 15.2 Å². The number of aromatic nitrogens is 1. The van der Waals surface area contributed by atoms with E-state index in [1.807, 2.05) is 0 Å². The fourth-order valence-electron chi connectivity index (χ4n) is 1.14. The van der Waals surface area contributed by atoms with Gasteiger partial charge in [0.25, 0.3) is 0 Å². The van der Waals surface area contributed by atoms with Crippen LogP contribution < -0.4 is 0 Å². The highest BCUT2D eigenvalue weighted by Gasteiger charge is 2.04. The summed E-state index contributed by atoms with van der Waals surface area (Å²) in [4.78, 5) is 3.93. The van der Waals surface area contributed by atoms with Gasteiger partial charge in [-0.25, -0.2) is 4.98 Å². The third-order valence-corrected chi connectivity index (χ3v) is 1.90. The SMILES string of the molecule is Oc1cccc(O)c1N=Nc1ccccn1. The fraction of sp³-hybridized carbons (Fsp3) is 0. The summed E-state index contributed by atoms with van der Waals surface area (Å²) in [5, 5.41) is 26.4. The van der Waals surface area contributed by atoms with E-state index in [1.54, 1.807) is 24.4 Å². The Morgan fingerprint density at radius 3 is 2.25 bits per heavy atom. The maximum absolute atomic E-state index is 9.44. The molecule has 5 heteroatoms. The van der Waals surface area contributed by atoms with Gasteiger partial charge in [0.1, 0.15) is 11.5 Å². The summed E-state index contributed by atoms with van der Waals surface area (Å²) in [6.45, 7) is 0. The zero-order valence-corrected chi connectivity index (χ0v) is 8.28. The number of hydrogen-bond donors (Lipinski definition) is 2. The molecule has 1 aromatic heterocycles. The van der Waals surface area contributed by atoms with E-state index in [9.17, 15) is 10.2 Å². The van der Waals surface area contributed by atoms with Gasteiger partial charge in [-0.05, 0) is 24.3 Å². The van der Waals surface area contributed by atoms with Gasteiger partial charge in [0, 0.05) is 6.20 Å². The standard InChI is InChI=1S/C11H9N3O2/c15-8-4-3-5-9(16)11(8)14-13-10-6-1-2-7-12-10/h1-7,15-16H. The van der Waals surface area contributed by atoms with Gasteiger partial charge in [-0.15, -0.1) is 10.2 Å². The Bertz CT molecular complexity index is 492. The smallest absolute Gasteiger partial charge is 0.174 e. The molecule has 1 heterocycles. The normalized spacial score (nSPS) is 10.8. The summed E-state index contributed by atoms with van der Waals surface area (Å²) >= 11 is 0. The summed E-state index contributed by atoms with van der Waals surface area (Å²) in [6.07, 6.45) is 1.58. The molecule has 0 amide bonds. The number of aromatic hydroxyl groups is 2. The maximum Gasteiger partial charge on any atom is 0.174 e. The van der Waals surface area contributed by atoms with Gasteiger partial charge in [-0.3, -0.25) is 0 Å². The van der Waals surface area contributed by atoms with Crippen molar-refractivity contribution in [2.45, 2.75) is 0 Å². The quantitative estimate of drug-likeness (QED) is 0.756. The number of pyridine rings is 1. The molecule has 0 radical (unpaired) electrons. The second-order valence-electron chi connectivity index (χ2n) is 3.03. The van der Waals surface area contributed by atoms with E-state index in [0.717, 1.165) is 0 Å². The molecule has 2 rings (SSSR count). The van der Waals surface area contributed by atoms with Gasteiger partial charge in [0.2, 0.25) is 0 Å². The Balaban J connectivity index is 2.31. The van der Waals surface area contributed by atoms with Crippen LogP contribution in [0.1, 0.15) is 0 Å². The van der Waals surface area contributed by atoms with E-state index < -0.39 is 0 Å². The van der Waals surface area contributed by atoms with Crippen molar-refractivity contribution in [2.75, 3.05) is 0 Å².